The van der Waals surface area contributed by atoms with Crippen LogP contribution in [0.5, 0.6) is 17.2 Å². The van der Waals surface area contributed by atoms with E-state index in [0.717, 1.165) is 6.42 Å². The van der Waals surface area contributed by atoms with Crippen LogP contribution in [-0.4, -0.2) is 28.4 Å². The molecule has 0 aromatic heterocycles. The fourth-order valence-electron chi connectivity index (χ4n) is 2.02. The van der Waals surface area contributed by atoms with Crippen LogP contribution >= 0.6 is 0 Å². The molecule has 3 N–H and O–H groups in total. The number of phenolic OH excluding ortho intramolecular Hbond substituents is 2. The first kappa shape index (κ1) is 17.3. The smallest absolute Gasteiger partial charge is 0.277 e. The Morgan fingerprint density at radius 2 is 1.88 bits per heavy atom. The van der Waals surface area contributed by atoms with E-state index in [4.69, 9.17) is 4.74 Å². The minimum Gasteiger partial charge on any atom is -0.508 e. The van der Waals surface area contributed by atoms with Gasteiger partial charge in [-0.1, -0.05) is 19.1 Å². The van der Waals surface area contributed by atoms with Crippen molar-refractivity contribution in [3.8, 4) is 17.2 Å². The Morgan fingerprint density at radius 3 is 2.54 bits per heavy atom. The Morgan fingerprint density at radius 1 is 1.17 bits per heavy atom. The van der Waals surface area contributed by atoms with Gasteiger partial charge in [-0.05, 0) is 49.2 Å². The van der Waals surface area contributed by atoms with Gasteiger partial charge < -0.3 is 14.9 Å². The van der Waals surface area contributed by atoms with Crippen molar-refractivity contribution >= 4 is 11.6 Å². The van der Waals surface area contributed by atoms with E-state index in [1.807, 2.05) is 24.3 Å². The Kier molecular flexibility index (Phi) is 5.78. The van der Waals surface area contributed by atoms with Gasteiger partial charge >= 0.3 is 0 Å². The number of rotatable bonds is 6. The molecule has 0 heterocycles. The van der Waals surface area contributed by atoms with Gasteiger partial charge in [0.15, 0.2) is 6.61 Å². The van der Waals surface area contributed by atoms with Gasteiger partial charge in [0.1, 0.15) is 17.2 Å². The van der Waals surface area contributed by atoms with Crippen molar-refractivity contribution in [3.05, 3.63) is 53.6 Å². The van der Waals surface area contributed by atoms with Gasteiger partial charge in [0.2, 0.25) is 0 Å². The maximum absolute atomic E-state index is 11.8. The van der Waals surface area contributed by atoms with E-state index in [1.54, 1.807) is 6.92 Å². The van der Waals surface area contributed by atoms with E-state index < -0.39 is 5.91 Å². The average Bonchev–Trinajstić information content (AvgIpc) is 2.60. The zero-order valence-electron chi connectivity index (χ0n) is 13.6. The molecule has 6 heteroatoms. The number of ether oxygens (including phenoxy) is 1. The minimum atomic E-state index is -0.423. The van der Waals surface area contributed by atoms with E-state index in [0.29, 0.717) is 17.0 Å². The molecule has 0 bridgehead atoms. The standard InChI is InChI=1S/C18H20N2O4/c1-3-13-4-7-15(8-5-13)24-11-18(23)20-19-12(2)16-10-14(21)6-9-17(16)22/h4-10,21-22H,3,11H2,1-2H3,(H,20,23)/b19-12-. The number of hydrogen-bond donors (Lipinski definition) is 3. The Labute approximate surface area is 140 Å². The summed E-state index contributed by atoms with van der Waals surface area (Å²) in [6, 6.07) is 11.6. The molecule has 0 atom stereocenters. The number of nitrogens with zero attached hydrogens (tertiary/aromatic N) is 1. The number of hydrogen-bond acceptors (Lipinski definition) is 5. The second-order valence-electron chi connectivity index (χ2n) is 5.22. The van der Waals surface area contributed by atoms with Crippen LogP contribution in [0.1, 0.15) is 25.0 Å². The van der Waals surface area contributed by atoms with Crippen LogP contribution in [0.4, 0.5) is 0 Å². The maximum atomic E-state index is 11.8. The molecule has 0 aliphatic rings. The number of amides is 1. The van der Waals surface area contributed by atoms with Gasteiger partial charge in [0.25, 0.3) is 5.91 Å². The SMILES string of the molecule is CCc1ccc(OCC(=O)N/N=C(/C)c2cc(O)ccc2O)cc1. The average molecular weight is 328 g/mol. The third-order valence-corrected chi connectivity index (χ3v) is 3.42. The van der Waals surface area contributed by atoms with Crippen molar-refractivity contribution in [1.82, 2.24) is 5.43 Å². The molecule has 0 saturated heterocycles. The van der Waals surface area contributed by atoms with Crippen LogP contribution in [-0.2, 0) is 11.2 Å². The summed E-state index contributed by atoms with van der Waals surface area (Å²) in [6.07, 6.45) is 0.941. The van der Waals surface area contributed by atoms with Gasteiger partial charge in [0, 0.05) is 5.56 Å². The Hall–Kier alpha value is -3.02. The molecule has 2 aromatic rings. The summed E-state index contributed by atoms with van der Waals surface area (Å²) >= 11 is 0. The van der Waals surface area contributed by atoms with Crippen LogP contribution in [0.3, 0.4) is 0 Å². The molecular weight excluding hydrogens is 308 g/mol. The van der Waals surface area contributed by atoms with Gasteiger partial charge in [-0.15, -0.1) is 0 Å². The van der Waals surface area contributed by atoms with Gasteiger partial charge in [-0.3, -0.25) is 4.79 Å². The molecule has 6 nitrogen and oxygen atoms in total. The van der Waals surface area contributed by atoms with Gasteiger partial charge in [-0.2, -0.15) is 5.10 Å². The highest BCUT2D eigenvalue weighted by Gasteiger charge is 2.07. The van der Waals surface area contributed by atoms with E-state index in [2.05, 4.69) is 17.5 Å². The lowest BCUT2D eigenvalue weighted by atomic mass is 10.1. The van der Waals surface area contributed by atoms with E-state index >= 15 is 0 Å². The summed E-state index contributed by atoms with van der Waals surface area (Å²) in [7, 11) is 0. The summed E-state index contributed by atoms with van der Waals surface area (Å²) in [6.45, 7) is 3.50. The number of aromatic hydroxyl groups is 2. The first-order valence-electron chi connectivity index (χ1n) is 7.56. The number of hydrazone groups is 1. The van der Waals surface area contributed by atoms with Crippen LogP contribution in [0.2, 0.25) is 0 Å². The van der Waals surface area contributed by atoms with Crippen molar-refractivity contribution in [3.63, 3.8) is 0 Å². The molecule has 126 valence electrons. The molecule has 0 aliphatic carbocycles. The number of carbonyl (C=O) groups is 1. The Bertz CT molecular complexity index is 739. The monoisotopic (exact) mass is 328 g/mol. The first-order chi connectivity index (χ1) is 11.5. The normalized spacial score (nSPS) is 11.2. The molecule has 24 heavy (non-hydrogen) atoms. The van der Waals surface area contributed by atoms with Gasteiger partial charge in [-0.25, -0.2) is 5.43 Å². The van der Waals surface area contributed by atoms with Crippen LogP contribution < -0.4 is 10.2 Å². The van der Waals surface area contributed by atoms with E-state index in [9.17, 15) is 15.0 Å². The van der Waals surface area contributed by atoms with Crippen molar-refractivity contribution in [2.75, 3.05) is 6.61 Å². The molecular formula is C18H20N2O4. The molecule has 2 aromatic carbocycles. The predicted octanol–water partition coefficient (Wildman–Crippen LogP) is 2.58. The quantitative estimate of drug-likeness (QED) is 0.432. The van der Waals surface area contributed by atoms with Crippen LogP contribution in [0, 0.1) is 0 Å². The molecule has 0 fully saturated rings. The summed E-state index contributed by atoms with van der Waals surface area (Å²) in [5.41, 5.74) is 4.25. The van der Waals surface area contributed by atoms with Crippen molar-refractivity contribution in [1.29, 1.82) is 0 Å². The zero-order valence-corrected chi connectivity index (χ0v) is 13.6. The third-order valence-electron chi connectivity index (χ3n) is 3.42. The molecule has 0 aliphatic heterocycles. The predicted molar refractivity (Wildman–Crippen MR) is 91.4 cm³/mol. The highest BCUT2D eigenvalue weighted by Crippen LogP contribution is 2.22. The number of nitrogens with one attached hydrogen (secondary N) is 1. The van der Waals surface area contributed by atoms with E-state index in [-0.39, 0.29) is 18.1 Å². The van der Waals surface area contributed by atoms with Crippen molar-refractivity contribution in [2.45, 2.75) is 20.3 Å². The third kappa shape index (κ3) is 4.74. The maximum Gasteiger partial charge on any atom is 0.277 e. The number of aryl methyl sites for hydroxylation is 1. The summed E-state index contributed by atoms with van der Waals surface area (Å²) in [5.74, 6) is 0.153. The first-order valence-corrected chi connectivity index (χ1v) is 7.56. The fourth-order valence-corrected chi connectivity index (χ4v) is 2.02. The number of benzene rings is 2. The lowest BCUT2D eigenvalue weighted by Gasteiger charge is -2.07. The van der Waals surface area contributed by atoms with Crippen molar-refractivity contribution < 1.29 is 19.7 Å². The fraction of sp³-hybridized carbons (Fsp3) is 0.222. The van der Waals surface area contributed by atoms with Crippen LogP contribution in [0.25, 0.3) is 0 Å². The molecule has 0 spiro atoms. The molecule has 0 unspecified atom stereocenters. The molecule has 2 rings (SSSR count). The molecule has 0 saturated carbocycles. The van der Waals surface area contributed by atoms with Crippen molar-refractivity contribution in [2.24, 2.45) is 5.10 Å². The molecule has 1 amide bonds. The van der Waals surface area contributed by atoms with E-state index in [1.165, 1.54) is 23.8 Å². The number of phenols is 2. The minimum absolute atomic E-state index is 0.00235. The Balaban J connectivity index is 1.90. The topological polar surface area (TPSA) is 91.2 Å². The summed E-state index contributed by atoms with van der Waals surface area (Å²) in [4.78, 5) is 11.8. The van der Waals surface area contributed by atoms with Gasteiger partial charge in [0.05, 0.1) is 5.71 Å². The second kappa shape index (κ2) is 8.01. The highest BCUT2D eigenvalue weighted by molar-refractivity contribution is 6.01. The highest BCUT2D eigenvalue weighted by atomic mass is 16.5. The molecule has 0 radical (unpaired) electrons. The van der Waals surface area contributed by atoms with Crippen LogP contribution in [0.15, 0.2) is 47.6 Å². The summed E-state index contributed by atoms with van der Waals surface area (Å²) < 4.78 is 5.38. The summed E-state index contributed by atoms with van der Waals surface area (Å²) in [5, 5.41) is 23.1. The lowest BCUT2D eigenvalue weighted by molar-refractivity contribution is -0.123. The second-order valence-corrected chi connectivity index (χ2v) is 5.22. The zero-order chi connectivity index (χ0) is 17.5. The largest absolute Gasteiger partial charge is 0.508 e. The number of carbonyl (C=O) groups excluding carboxylic acids is 1. The lowest BCUT2D eigenvalue weighted by Crippen LogP contribution is -2.25.